The number of benzene rings is 1. The highest BCUT2D eigenvalue weighted by Gasteiger charge is 2.27. The van der Waals surface area contributed by atoms with E-state index in [9.17, 15) is 17.2 Å². The standard InChI is InChI=1S/C12H14F2N4O2S/c1-17-6-5-16-10(17)7-18(2)21(19,20)9-4-3-8(13)12(15)11(9)14/h3-6H,7,15H2,1-2H3. The van der Waals surface area contributed by atoms with Gasteiger partial charge in [0.1, 0.15) is 22.2 Å². The molecule has 2 aromatic rings. The molecule has 2 rings (SSSR count). The molecule has 9 heteroatoms. The number of aryl methyl sites for hydroxylation is 1. The molecule has 0 fully saturated rings. The van der Waals surface area contributed by atoms with Gasteiger partial charge in [0, 0.05) is 26.5 Å². The summed E-state index contributed by atoms with van der Waals surface area (Å²) in [7, 11) is -1.16. The van der Waals surface area contributed by atoms with Crippen molar-refractivity contribution in [3.8, 4) is 0 Å². The quantitative estimate of drug-likeness (QED) is 0.857. The van der Waals surface area contributed by atoms with Crippen molar-refractivity contribution in [2.24, 2.45) is 7.05 Å². The fourth-order valence-corrected chi connectivity index (χ4v) is 2.95. The predicted octanol–water partition coefficient (Wildman–Crippen LogP) is 1.10. The molecule has 0 bridgehead atoms. The van der Waals surface area contributed by atoms with Crippen molar-refractivity contribution in [3.63, 3.8) is 0 Å². The van der Waals surface area contributed by atoms with Gasteiger partial charge in [-0.25, -0.2) is 22.2 Å². The topological polar surface area (TPSA) is 81.2 Å². The Hall–Kier alpha value is -2.00. The number of sulfonamides is 1. The van der Waals surface area contributed by atoms with Gasteiger partial charge in [0.15, 0.2) is 5.82 Å². The number of rotatable bonds is 4. The molecular weight excluding hydrogens is 302 g/mol. The molecule has 1 aromatic heterocycles. The van der Waals surface area contributed by atoms with Crippen LogP contribution in [0.15, 0.2) is 29.4 Å². The minimum atomic E-state index is -4.14. The second-order valence-electron chi connectivity index (χ2n) is 4.49. The molecule has 0 amide bonds. The summed E-state index contributed by atoms with van der Waals surface area (Å²) in [6.07, 6.45) is 3.18. The third kappa shape index (κ3) is 2.74. The molecule has 0 saturated heterocycles. The molecule has 1 heterocycles. The van der Waals surface area contributed by atoms with Gasteiger partial charge < -0.3 is 10.3 Å². The summed E-state index contributed by atoms with van der Waals surface area (Å²) in [5.41, 5.74) is 4.37. The van der Waals surface area contributed by atoms with Gasteiger partial charge >= 0.3 is 0 Å². The van der Waals surface area contributed by atoms with Gasteiger partial charge in [0.05, 0.1) is 6.54 Å². The molecule has 0 aliphatic heterocycles. The number of anilines is 1. The smallest absolute Gasteiger partial charge is 0.246 e. The van der Waals surface area contributed by atoms with Crippen LogP contribution < -0.4 is 5.73 Å². The van der Waals surface area contributed by atoms with Crippen LogP contribution in [-0.2, 0) is 23.6 Å². The van der Waals surface area contributed by atoms with Gasteiger partial charge in [0.25, 0.3) is 0 Å². The summed E-state index contributed by atoms with van der Waals surface area (Å²) >= 11 is 0. The van der Waals surface area contributed by atoms with E-state index in [0.717, 1.165) is 16.4 Å². The van der Waals surface area contributed by atoms with Crippen LogP contribution in [0.3, 0.4) is 0 Å². The zero-order chi connectivity index (χ0) is 15.8. The largest absolute Gasteiger partial charge is 0.394 e. The molecule has 0 unspecified atom stereocenters. The van der Waals surface area contributed by atoms with Crippen LogP contribution in [0.25, 0.3) is 0 Å². The number of imidazole rings is 1. The summed E-state index contributed by atoms with van der Waals surface area (Å²) in [5.74, 6) is -1.81. The first-order chi connectivity index (χ1) is 9.75. The Balaban J connectivity index is 2.38. The van der Waals surface area contributed by atoms with E-state index >= 15 is 0 Å². The lowest BCUT2D eigenvalue weighted by molar-refractivity contribution is 0.445. The number of nitrogens with two attached hydrogens (primary N) is 1. The predicted molar refractivity (Wildman–Crippen MR) is 72.6 cm³/mol. The Morgan fingerprint density at radius 2 is 2.05 bits per heavy atom. The highest BCUT2D eigenvalue weighted by molar-refractivity contribution is 7.89. The zero-order valence-electron chi connectivity index (χ0n) is 11.4. The average Bonchev–Trinajstić information content (AvgIpc) is 2.81. The molecule has 0 aliphatic rings. The van der Waals surface area contributed by atoms with Crippen molar-refractivity contribution in [2.75, 3.05) is 12.8 Å². The third-order valence-electron chi connectivity index (χ3n) is 3.06. The maximum atomic E-state index is 13.9. The van der Waals surface area contributed by atoms with Crippen LogP contribution in [0.5, 0.6) is 0 Å². The fraction of sp³-hybridized carbons (Fsp3) is 0.250. The van der Waals surface area contributed by atoms with Gasteiger partial charge in [0.2, 0.25) is 10.0 Å². The van der Waals surface area contributed by atoms with Gasteiger partial charge in [-0.05, 0) is 12.1 Å². The Morgan fingerprint density at radius 1 is 1.38 bits per heavy atom. The minimum Gasteiger partial charge on any atom is -0.394 e. The Morgan fingerprint density at radius 3 is 2.62 bits per heavy atom. The lowest BCUT2D eigenvalue weighted by atomic mass is 10.3. The normalized spacial score (nSPS) is 12.0. The van der Waals surface area contributed by atoms with E-state index in [1.54, 1.807) is 17.8 Å². The Labute approximate surface area is 120 Å². The lowest BCUT2D eigenvalue weighted by Gasteiger charge is -2.17. The Kier molecular flexibility index (Phi) is 3.97. The van der Waals surface area contributed by atoms with E-state index in [-0.39, 0.29) is 6.54 Å². The van der Waals surface area contributed by atoms with Crippen molar-refractivity contribution < 1.29 is 17.2 Å². The second kappa shape index (κ2) is 5.41. The second-order valence-corrected chi connectivity index (χ2v) is 6.50. The van der Waals surface area contributed by atoms with Crippen molar-refractivity contribution in [1.29, 1.82) is 0 Å². The number of hydrogen-bond donors (Lipinski definition) is 1. The molecular formula is C12H14F2N4O2S. The number of nitrogens with zero attached hydrogens (tertiary/aromatic N) is 3. The molecule has 0 atom stereocenters. The monoisotopic (exact) mass is 316 g/mol. The summed E-state index contributed by atoms with van der Waals surface area (Å²) in [5, 5.41) is 0. The molecule has 0 radical (unpaired) electrons. The van der Waals surface area contributed by atoms with Crippen LogP contribution in [0, 0.1) is 11.6 Å². The van der Waals surface area contributed by atoms with Gasteiger partial charge in [-0.15, -0.1) is 0 Å². The van der Waals surface area contributed by atoms with E-state index in [0.29, 0.717) is 5.82 Å². The number of nitrogen functional groups attached to an aromatic ring is 1. The summed E-state index contributed by atoms with van der Waals surface area (Å²) < 4.78 is 54.2. The maximum Gasteiger partial charge on any atom is 0.246 e. The van der Waals surface area contributed by atoms with Gasteiger partial charge in [-0.2, -0.15) is 4.31 Å². The molecule has 0 aliphatic carbocycles. The van der Waals surface area contributed by atoms with Crippen LogP contribution in [-0.4, -0.2) is 29.3 Å². The molecule has 2 N–H and O–H groups in total. The van der Waals surface area contributed by atoms with E-state index in [1.165, 1.54) is 13.2 Å². The summed E-state index contributed by atoms with van der Waals surface area (Å²) in [6, 6.07) is 1.67. The maximum absolute atomic E-state index is 13.9. The van der Waals surface area contributed by atoms with Crippen LogP contribution in [0.4, 0.5) is 14.5 Å². The Bertz CT molecular complexity index is 774. The molecule has 1 aromatic carbocycles. The van der Waals surface area contributed by atoms with E-state index < -0.39 is 32.2 Å². The van der Waals surface area contributed by atoms with Crippen molar-refractivity contribution in [3.05, 3.63) is 42.0 Å². The van der Waals surface area contributed by atoms with E-state index in [4.69, 9.17) is 5.73 Å². The van der Waals surface area contributed by atoms with Crippen LogP contribution >= 0.6 is 0 Å². The molecule has 0 spiro atoms. The van der Waals surface area contributed by atoms with E-state index in [1.807, 2.05) is 0 Å². The van der Waals surface area contributed by atoms with Crippen LogP contribution in [0.2, 0.25) is 0 Å². The first-order valence-corrected chi connectivity index (χ1v) is 7.35. The van der Waals surface area contributed by atoms with Gasteiger partial charge in [-0.1, -0.05) is 0 Å². The molecule has 114 valence electrons. The highest BCUT2D eigenvalue weighted by Crippen LogP contribution is 2.25. The molecule has 6 nitrogen and oxygen atoms in total. The zero-order valence-corrected chi connectivity index (χ0v) is 12.2. The lowest BCUT2D eigenvalue weighted by Crippen LogP contribution is -2.28. The van der Waals surface area contributed by atoms with Gasteiger partial charge in [-0.3, -0.25) is 0 Å². The first kappa shape index (κ1) is 15.4. The average molecular weight is 316 g/mol. The fourth-order valence-electron chi connectivity index (χ4n) is 1.75. The molecule has 0 saturated carbocycles. The van der Waals surface area contributed by atoms with E-state index in [2.05, 4.69) is 4.98 Å². The van der Waals surface area contributed by atoms with Crippen LogP contribution in [0.1, 0.15) is 5.82 Å². The number of halogens is 2. The third-order valence-corrected chi connectivity index (χ3v) is 4.89. The highest BCUT2D eigenvalue weighted by atomic mass is 32.2. The van der Waals surface area contributed by atoms with Crippen molar-refractivity contribution in [2.45, 2.75) is 11.4 Å². The van der Waals surface area contributed by atoms with Crippen molar-refractivity contribution in [1.82, 2.24) is 13.9 Å². The SMILES string of the molecule is CN(Cc1nccn1C)S(=O)(=O)c1ccc(F)c(N)c1F. The number of hydrogen-bond acceptors (Lipinski definition) is 4. The summed E-state index contributed by atoms with van der Waals surface area (Å²) in [6.45, 7) is -0.0530. The minimum absolute atomic E-state index is 0.0530. The van der Waals surface area contributed by atoms with Crippen molar-refractivity contribution >= 4 is 15.7 Å². The summed E-state index contributed by atoms with van der Waals surface area (Å²) in [4.78, 5) is 3.33. The molecule has 21 heavy (non-hydrogen) atoms. The first-order valence-electron chi connectivity index (χ1n) is 5.91. The number of aromatic nitrogens is 2.